The quantitative estimate of drug-likeness (QED) is 0.637. The fourth-order valence-corrected chi connectivity index (χ4v) is 2.45. The molecule has 1 aliphatic carbocycles. The van der Waals surface area contributed by atoms with E-state index in [-0.39, 0.29) is 0 Å². The number of rotatable bonds is 1. The Labute approximate surface area is 98.7 Å². The first-order chi connectivity index (χ1) is 7.66. The van der Waals surface area contributed by atoms with Crippen LogP contribution in [0, 0.1) is 12.8 Å². The van der Waals surface area contributed by atoms with E-state index in [1.54, 1.807) is 0 Å². The van der Waals surface area contributed by atoms with Gasteiger partial charge >= 0.3 is 0 Å². The summed E-state index contributed by atoms with van der Waals surface area (Å²) >= 11 is 0. The van der Waals surface area contributed by atoms with E-state index in [0.717, 1.165) is 6.42 Å². The van der Waals surface area contributed by atoms with Gasteiger partial charge in [0.05, 0.1) is 0 Å². The van der Waals surface area contributed by atoms with E-state index in [9.17, 15) is 0 Å². The molecule has 0 amide bonds. The summed E-state index contributed by atoms with van der Waals surface area (Å²) in [5, 5.41) is 0. The lowest BCUT2D eigenvalue weighted by atomic mass is 9.85. The van der Waals surface area contributed by atoms with Gasteiger partial charge in [-0.05, 0) is 37.7 Å². The molecule has 0 N–H and O–H groups in total. The van der Waals surface area contributed by atoms with Crippen LogP contribution in [0.5, 0.6) is 0 Å². The van der Waals surface area contributed by atoms with Crippen LogP contribution in [0.3, 0.4) is 0 Å². The third-order valence-electron chi connectivity index (χ3n) is 3.44. The topological polar surface area (TPSA) is 0 Å². The summed E-state index contributed by atoms with van der Waals surface area (Å²) in [5.41, 5.74) is 4.20. The molecule has 0 aromatic heterocycles. The molecule has 1 aromatic rings. The number of benzene rings is 1. The van der Waals surface area contributed by atoms with E-state index < -0.39 is 0 Å². The predicted octanol–water partition coefficient (Wildman–Crippen LogP) is 4.62. The van der Waals surface area contributed by atoms with E-state index in [1.165, 1.54) is 16.7 Å². The minimum atomic E-state index is 0.623. The van der Waals surface area contributed by atoms with E-state index in [2.05, 4.69) is 63.3 Å². The maximum Gasteiger partial charge on any atom is -0.00668 e. The monoisotopic (exact) mass is 212 g/mol. The summed E-state index contributed by atoms with van der Waals surface area (Å²) in [7, 11) is 0. The van der Waals surface area contributed by atoms with Crippen LogP contribution >= 0.6 is 0 Å². The fraction of sp³-hybridized carbons (Fsp3) is 0.375. The van der Waals surface area contributed by atoms with Gasteiger partial charge in [0.2, 0.25) is 0 Å². The highest BCUT2D eigenvalue weighted by Crippen LogP contribution is 2.32. The number of allylic oxidation sites excluding steroid dienone is 4. The molecule has 0 heterocycles. The van der Waals surface area contributed by atoms with Gasteiger partial charge in [-0.25, -0.2) is 0 Å². The van der Waals surface area contributed by atoms with Crippen molar-refractivity contribution >= 4 is 0 Å². The Morgan fingerprint density at radius 1 is 1.06 bits per heavy atom. The number of hydrogen-bond acceptors (Lipinski definition) is 0. The number of aryl methyl sites for hydroxylation is 1. The Kier molecular flexibility index (Phi) is 3.28. The van der Waals surface area contributed by atoms with Gasteiger partial charge in [0, 0.05) is 0 Å². The van der Waals surface area contributed by atoms with Crippen molar-refractivity contribution in [1.29, 1.82) is 0 Å². The van der Waals surface area contributed by atoms with Crippen molar-refractivity contribution in [3.63, 3.8) is 0 Å². The normalized spacial score (nSPS) is 25.1. The summed E-state index contributed by atoms with van der Waals surface area (Å²) in [6, 6.07) is 8.98. The molecular weight excluding hydrogens is 192 g/mol. The van der Waals surface area contributed by atoms with E-state index in [1.807, 2.05) is 0 Å². The third kappa shape index (κ3) is 2.44. The smallest absolute Gasteiger partial charge is 0.00668 e. The van der Waals surface area contributed by atoms with Crippen LogP contribution in [0.1, 0.15) is 37.3 Å². The molecular formula is C16H20. The summed E-state index contributed by atoms with van der Waals surface area (Å²) in [6.07, 6.45) is 8.08. The molecule has 0 fully saturated rings. The van der Waals surface area contributed by atoms with Gasteiger partial charge in [-0.3, -0.25) is 0 Å². The molecule has 0 nitrogen and oxygen atoms in total. The molecule has 84 valence electrons. The van der Waals surface area contributed by atoms with Crippen LogP contribution in [-0.4, -0.2) is 0 Å². The molecule has 0 saturated heterocycles. The van der Waals surface area contributed by atoms with Gasteiger partial charge in [0.15, 0.2) is 0 Å². The highest BCUT2D eigenvalue weighted by molar-refractivity contribution is 5.30. The molecule has 0 heteroatoms. The molecule has 0 bridgehead atoms. The summed E-state index contributed by atoms with van der Waals surface area (Å²) in [5.74, 6) is 1.26. The van der Waals surface area contributed by atoms with Crippen LogP contribution in [0.2, 0.25) is 0 Å². The van der Waals surface area contributed by atoms with Crippen molar-refractivity contribution in [2.24, 2.45) is 5.92 Å². The molecule has 16 heavy (non-hydrogen) atoms. The standard InChI is InChI=1S/C16H20/c1-12-7-9-15(10-8-12)16-6-4-5-13(2)11-14(16)3/h4-5,7-11,14,16H,6H2,1-3H3. The lowest BCUT2D eigenvalue weighted by molar-refractivity contribution is 0.554. The summed E-state index contributed by atoms with van der Waals surface area (Å²) in [4.78, 5) is 0. The van der Waals surface area contributed by atoms with Gasteiger partial charge < -0.3 is 0 Å². The van der Waals surface area contributed by atoms with Gasteiger partial charge in [0.25, 0.3) is 0 Å². The average Bonchev–Trinajstić information content (AvgIpc) is 2.41. The Morgan fingerprint density at radius 2 is 1.75 bits per heavy atom. The maximum absolute atomic E-state index is 2.38. The zero-order valence-corrected chi connectivity index (χ0v) is 10.4. The zero-order valence-electron chi connectivity index (χ0n) is 10.4. The van der Waals surface area contributed by atoms with Crippen LogP contribution in [-0.2, 0) is 0 Å². The van der Waals surface area contributed by atoms with Crippen LogP contribution < -0.4 is 0 Å². The molecule has 1 aromatic carbocycles. The Morgan fingerprint density at radius 3 is 2.44 bits per heavy atom. The molecule has 1 aliphatic rings. The van der Waals surface area contributed by atoms with Crippen molar-refractivity contribution in [3.8, 4) is 0 Å². The van der Waals surface area contributed by atoms with Gasteiger partial charge in [-0.15, -0.1) is 0 Å². The highest BCUT2D eigenvalue weighted by atomic mass is 14.2. The second kappa shape index (κ2) is 4.69. The van der Waals surface area contributed by atoms with Gasteiger partial charge in [-0.2, -0.15) is 0 Å². The van der Waals surface area contributed by atoms with E-state index in [0.29, 0.717) is 11.8 Å². The first kappa shape index (κ1) is 11.2. The van der Waals surface area contributed by atoms with Crippen molar-refractivity contribution in [3.05, 3.63) is 59.2 Å². The average molecular weight is 212 g/mol. The number of hydrogen-bond donors (Lipinski definition) is 0. The van der Waals surface area contributed by atoms with Crippen LogP contribution in [0.25, 0.3) is 0 Å². The van der Waals surface area contributed by atoms with E-state index >= 15 is 0 Å². The molecule has 0 radical (unpaired) electrons. The summed E-state index contributed by atoms with van der Waals surface area (Å²) in [6.45, 7) is 6.65. The largest absolute Gasteiger partial charge is 0.0837 e. The predicted molar refractivity (Wildman–Crippen MR) is 70.6 cm³/mol. The minimum Gasteiger partial charge on any atom is -0.0837 e. The second-order valence-electron chi connectivity index (χ2n) is 4.93. The lowest BCUT2D eigenvalue weighted by Gasteiger charge is -2.20. The van der Waals surface area contributed by atoms with Crippen LogP contribution in [0.15, 0.2) is 48.1 Å². The summed E-state index contributed by atoms with van der Waals surface area (Å²) < 4.78 is 0. The fourth-order valence-electron chi connectivity index (χ4n) is 2.45. The van der Waals surface area contributed by atoms with Gasteiger partial charge in [-0.1, -0.05) is 60.6 Å². The molecule has 0 aliphatic heterocycles. The van der Waals surface area contributed by atoms with Crippen molar-refractivity contribution in [1.82, 2.24) is 0 Å². The maximum atomic E-state index is 2.38. The zero-order chi connectivity index (χ0) is 11.5. The SMILES string of the molecule is CC1=CC(C)C(c2ccc(C)cc2)CC=C1. The molecule has 0 saturated carbocycles. The lowest BCUT2D eigenvalue weighted by Crippen LogP contribution is -2.06. The molecule has 0 spiro atoms. The molecule has 2 atom stereocenters. The first-order valence-electron chi connectivity index (χ1n) is 6.08. The Bertz CT molecular complexity index is 406. The highest BCUT2D eigenvalue weighted by Gasteiger charge is 2.17. The van der Waals surface area contributed by atoms with Crippen molar-refractivity contribution in [2.75, 3.05) is 0 Å². The van der Waals surface area contributed by atoms with Gasteiger partial charge in [0.1, 0.15) is 0 Å². The van der Waals surface area contributed by atoms with Crippen molar-refractivity contribution in [2.45, 2.75) is 33.1 Å². The van der Waals surface area contributed by atoms with E-state index in [4.69, 9.17) is 0 Å². The second-order valence-corrected chi connectivity index (χ2v) is 4.93. The minimum absolute atomic E-state index is 0.623. The first-order valence-corrected chi connectivity index (χ1v) is 6.08. The molecule has 2 unspecified atom stereocenters. The molecule has 2 rings (SSSR count). The third-order valence-corrected chi connectivity index (χ3v) is 3.44. The van der Waals surface area contributed by atoms with Crippen molar-refractivity contribution < 1.29 is 0 Å². The Hall–Kier alpha value is -1.30. The van der Waals surface area contributed by atoms with Crippen LogP contribution in [0.4, 0.5) is 0 Å². The Balaban J connectivity index is 2.27.